The predicted molar refractivity (Wildman–Crippen MR) is 95.9 cm³/mol. The minimum absolute atomic E-state index is 0.122. The van der Waals surface area contributed by atoms with E-state index in [9.17, 15) is 19.6 Å². The Morgan fingerprint density at radius 3 is 2.35 bits per heavy atom. The molecule has 0 bridgehead atoms. The van der Waals surface area contributed by atoms with E-state index in [0.717, 1.165) is 0 Å². The molecule has 2 N–H and O–H groups in total. The van der Waals surface area contributed by atoms with Crippen LogP contribution in [0.1, 0.15) is 38.3 Å². The van der Waals surface area contributed by atoms with Crippen molar-refractivity contribution in [2.24, 2.45) is 5.92 Å². The first kappa shape index (κ1) is 21.2. The molecule has 0 fully saturated rings. The van der Waals surface area contributed by atoms with Crippen molar-refractivity contribution >= 4 is 17.8 Å². The van der Waals surface area contributed by atoms with Crippen molar-refractivity contribution in [3.8, 4) is 6.07 Å². The van der Waals surface area contributed by atoms with Crippen LogP contribution >= 0.6 is 0 Å². The highest BCUT2D eigenvalue weighted by Gasteiger charge is 2.28. The fourth-order valence-corrected chi connectivity index (χ4v) is 2.58. The molecule has 0 radical (unpaired) electrons. The van der Waals surface area contributed by atoms with Crippen LogP contribution in [-0.4, -0.2) is 37.0 Å². The van der Waals surface area contributed by atoms with E-state index in [4.69, 9.17) is 4.74 Å². The van der Waals surface area contributed by atoms with Gasteiger partial charge in [0, 0.05) is 13.3 Å². The van der Waals surface area contributed by atoms with Gasteiger partial charge in [0.05, 0.1) is 18.7 Å². The van der Waals surface area contributed by atoms with Gasteiger partial charge >= 0.3 is 5.97 Å². The van der Waals surface area contributed by atoms with Crippen molar-refractivity contribution in [2.45, 2.75) is 45.7 Å². The number of carbonyl (C=O) groups is 3. The Morgan fingerprint density at radius 2 is 1.81 bits per heavy atom. The molecule has 0 spiro atoms. The summed E-state index contributed by atoms with van der Waals surface area (Å²) in [7, 11) is 1.23. The molecule has 7 nitrogen and oxygen atoms in total. The minimum Gasteiger partial charge on any atom is -0.467 e. The van der Waals surface area contributed by atoms with E-state index < -0.39 is 24.0 Å². The SMILES string of the molecule is COC(=O)[C@H](Cc1ccccc1C#N)NC(=O)[C@H](CC(C)C)NC(C)=O. The molecule has 0 aliphatic carbocycles. The van der Waals surface area contributed by atoms with E-state index in [2.05, 4.69) is 16.7 Å². The lowest BCUT2D eigenvalue weighted by atomic mass is 9.99. The van der Waals surface area contributed by atoms with Crippen LogP contribution < -0.4 is 10.6 Å². The molecule has 0 heterocycles. The Morgan fingerprint density at radius 1 is 1.15 bits per heavy atom. The quantitative estimate of drug-likeness (QED) is 0.680. The number of esters is 1. The highest BCUT2D eigenvalue weighted by atomic mass is 16.5. The van der Waals surface area contributed by atoms with Gasteiger partial charge in [-0.15, -0.1) is 0 Å². The molecular formula is C19H25N3O4. The Kier molecular flexibility index (Phi) is 8.29. The van der Waals surface area contributed by atoms with Crippen LogP contribution in [0.4, 0.5) is 0 Å². The molecule has 0 unspecified atom stereocenters. The van der Waals surface area contributed by atoms with Crippen molar-refractivity contribution in [3.63, 3.8) is 0 Å². The van der Waals surface area contributed by atoms with E-state index in [1.54, 1.807) is 24.3 Å². The normalized spacial score (nSPS) is 12.6. The zero-order valence-corrected chi connectivity index (χ0v) is 15.5. The Labute approximate surface area is 153 Å². The van der Waals surface area contributed by atoms with Gasteiger partial charge in [0.15, 0.2) is 0 Å². The van der Waals surface area contributed by atoms with E-state index >= 15 is 0 Å². The molecule has 0 aliphatic rings. The molecular weight excluding hydrogens is 334 g/mol. The lowest BCUT2D eigenvalue weighted by Crippen LogP contribution is -2.52. The lowest BCUT2D eigenvalue weighted by molar-refractivity contribution is -0.145. The smallest absolute Gasteiger partial charge is 0.328 e. The van der Waals surface area contributed by atoms with E-state index in [0.29, 0.717) is 17.5 Å². The largest absolute Gasteiger partial charge is 0.467 e. The first-order chi connectivity index (χ1) is 12.3. The summed E-state index contributed by atoms with van der Waals surface area (Å²) in [4.78, 5) is 36.1. The van der Waals surface area contributed by atoms with Gasteiger partial charge < -0.3 is 15.4 Å². The number of rotatable bonds is 8. The summed E-state index contributed by atoms with van der Waals surface area (Å²) < 4.78 is 4.78. The van der Waals surface area contributed by atoms with Gasteiger partial charge in [-0.1, -0.05) is 32.0 Å². The highest BCUT2D eigenvalue weighted by Crippen LogP contribution is 2.12. The molecule has 140 valence electrons. The number of hydrogen-bond donors (Lipinski definition) is 2. The molecule has 2 amide bonds. The van der Waals surface area contributed by atoms with Crippen LogP contribution in [0.3, 0.4) is 0 Å². The highest BCUT2D eigenvalue weighted by molar-refractivity contribution is 5.90. The Balaban J connectivity index is 2.98. The van der Waals surface area contributed by atoms with Gasteiger partial charge in [0.25, 0.3) is 0 Å². The average Bonchev–Trinajstić information content (AvgIpc) is 2.59. The summed E-state index contributed by atoms with van der Waals surface area (Å²) in [5.74, 6) is -1.22. The molecule has 2 atom stereocenters. The third kappa shape index (κ3) is 6.55. The van der Waals surface area contributed by atoms with Gasteiger partial charge in [0.2, 0.25) is 11.8 Å². The van der Waals surface area contributed by atoms with E-state index in [1.165, 1.54) is 14.0 Å². The Bertz CT molecular complexity index is 694. The number of hydrogen-bond acceptors (Lipinski definition) is 5. The average molecular weight is 359 g/mol. The van der Waals surface area contributed by atoms with Crippen LogP contribution in [0.15, 0.2) is 24.3 Å². The number of amides is 2. The molecule has 0 saturated heterocycles. The van der Waals surface area contributed by atoms with E-state index in [-0.39, 0.29) is 18.2 Å². The van der Waals surface area contributed by atoms with Gasteiger partial charge in [-0.25, -0.2) is 4.79 Å². The summed E-state index contributed by atoms with van der Waals surface area (Å²) in [5.41, 5.74) is 1.06. The van der Waals surface area contributed by atoms with Crippen LogP contribution in [-0.2, 0) is 25.5 Å². The second-order valence-electron chi connectivity index (χ2n) is 6.44. The zero-order valence-electron chi connectivity index (χ0n) is 15.5. The second kappa shape index (κ2) is 10.2. The van der Waals surface area contributed by atoms with Gasteiger partial charge in [-0.3, -0.25) is 9.59 Å². The summed E-state index contributed by atoms with van der Waals surface area (Å²) in [6.07, 6.45) is 0.560. The number of nitrogens with zero attached hydrogens (tertiary/aromatic N) is 1. The summed E-state index contributed by atoms with van der Waals surface area (Å²) >= 11 is 0. The minimum atomic E-state index is -0.953. The maximum atomic E-state index is 12.6. The van der Waals surface area contributed by atoms with Crippen molar-refractivity contribution in [1.82, 2.24) is 10.6 Å². The maximum absolute atomic E-state index is 12.6. The van der Waals surface area contributed by atoms with Crippen LogP contribution in [0.5, 0.6) is 0 Å². The summed E-state index contributed by atoms with van der Waals surface area (Å²) in [6.45, 7) is 5.20. The molecule has 0 saturated carbocycles. The number of nitriles is 1. The second-order valence-corrected chi connectivity index (χ2v) is 6.44. The molecule has 1 aromatic rings. The third-order valence-corrected chi connectivity index (χ3v) is 3.77. The standard InChI is InChI=1S/C19H25N3O4/c1-12(2)9-16(21-13(3)23)18(24)22-17(19(25)26-4)10-14-7-5-6-8-15(14)11-20/h5-8,12,16-17H,9-10H2,1-4H3,(H,21,23)(H,22,24)/t16-,17-/m0/s1. The van der Waals surface area contributed by atoms with Gasteiger partial charge in [0.1, 0.15) is 12.1 Å². The topological polar surface area (TPSA) is 108 Å². The van der Waals surface area contributed by atoms with Crippen molar-refractivity contribution in [2.75, 3.05) is 7.11 Å². The Hall–Kier alpha value is -2.88. The maximum Gasteiger partial charge on any atom is 0.328 e. The monoisotopic (exact) mass is 359 g/mol. The molecule has 7 heteroatoms. The van der Waals surface area contributed by atoms with Crippen molar-refractivity contribution in [3.05, 3.63) is 35.4 Å². The molecule has 1 rings (SSSR count). The first-order valence-electron chi connectivity index (χ1n) is 8.41. The fraction of sp³-hybridized carbons (Fsp3) is 0.474. The van der Waals surface area contributed by atoms with Gasteiger partial charge in [-0.05, 0) is 24.0 Å². The molecule has 0 aliphatic heterocycles. The number of carbonyl (C=O) groups excluding carboxylic acids is 3. The fourth-order valence-electron chi connectivity index (χ4n) is 2.58. The predicted octanol–water partition coefficient (Wildman–Crippen LogP) is 1.31. The molecule has 1 aromatic carbocycles. The summed E-state index contributed by atoms with van der Waals surface area (Å²) in [5, 5.41) is 14.4. The number of ether oxygens (including phenoxy) is 1. The van der Waals surface area contributed by atoms with Gasteiger partial charge in [-0.2, -0.15) is 5.26 Å². The van der Waals surface area contributed by atoms with Crippen molar-refractivity contribution < 1.29 is 19.1 Å². The lowest BCUT2D eigenvalue weighted by Gasteiger charge is -2.23. The molecule has 26 heavy (non-hydrogen) atoms. The van der Waals surface area contributed by atoms with Crippen LogP contribution in [0, 0.1) is 17.2 Å². The number of methoxy groups -OCH3 is 1. The van der Waals surface area contributed by atoms with Crippen LogP contribution in [0.25, 0.3) is 0 Å². The third-order valence-electron chi connectivity index (χ3n) is 3.77. The van der Waals surface area contributed by atoms with Crippen molar-refractivity contribution in [1.29, 1.82) is 5.26 Å². The number of benzene rings is 1. The summed E-state index contributed by atoms with van der Waals surface area (Å²) in [6, 6.07) is 7.21. The molecule has 0 aromatic heterocycles. The van der Waals surface area contributed by atoms with E-state index in [1.807, 2.05) is 13.8 Å². The first-order valence-corrected chi connectivity index (χ1v) is 8.41. The number of nitrogens with one attached hydrogen (secondary N) is 2. The van der Waals surface area contributed by atoms with Crippen LogP contribution in [0.2, 0.25) is 0 Å². The zero-order chi connectivity index (χ0) is 19.7.